The SMILES string of the molecule is COc1ccc(-c2nc3[nH]nc(C)c3c3cc(F)c(OC)c(O)c23)cc1Cl. The molecule has 0 bridgehead atoms. The molecular weight excluding hydrogens is 373 g/mol. The molecule has 0 spiro atoms. The Balaban J connectivity index is 2.17. The van der Waals surface area contributed by atoms with Crippen molar-refractivity contribution in [3.05, 3.63) is 40.8 Å². The van der Waals surface area contributed by atoms with E-state index in [0.29, 0.717) is 49.5 Å². The highest BCUT2D eigenvalue weighted by molar-refractivity contribution is 6.32. The van der Waals surface area contributed by atoms with Gasteiger partial charge >= 0.3 is 0 Å². The number of H-pyrrole nitrogens is 1. The number of nitrogens with one attached hydrogen (secondary N) is 1. The maximum Gasteiger partial charge on any atom is 0.197 e. The number of hydrogen-bond donors (Lipinski definition) is 2. The fourth-order valence-electron chi connectivity index (χ4n) is 3.26. The van der Waals surface area contributed by atoms with Crippen molar-refractivity contribution < 1.29 is 19.0 Å². The van der Waals surface area contributed by atoms with Gasteiger partial charge in [-0.1, -0.05) is 11.6 Å². The van der Waals surface area contributed by atoms with E-state index in [1.54, 1.807) is 25.1 Å². The van der Waals surface area contributed by atoms with Crippen molar-refractivity contribution in [2.75, 3.05) is 14.2 Å². The Kier molecular flexibility index (Phi) is 4.04. The van der Waals surface area contributed by atoms with Crippen molar-refractivity contribution >= 4 is 33.4 Å². The molecule has 0 atom stereocenters. The van der Waals surface area contributed by atoms with E-state index in [1.807, 2.05) is 0 Å². The van der Waals surface area contributed by atoms with Crippen LogP contribution in [0.15, 0.2) is 24.3 Å². The third kappa shape index (κ3) is 2.54. The van der Waals surface area contributed by atoms with E-state index in [0.717, 1.165) is 0 Å². The molecule has 2 aromatic heterocycles. The first-order valence-electron chi connectivity index (χ1n) is 8.04. The Morgan fingerprint density at radius 2 is 1.93 bits per heavy atom. The quantitative estimate of drug-likeness (QED) is 0.537. The average molecular weight is 388 g/mol. The van der Waals surface area contributed by atoms with Gasteiger partial charge in [-0.15, -0.1) is 0 Å². The molecule has 138 valence electrons. The molecule has 0 saturated carbocycles. The van der Waals surface area contributed by atoms with Gasteiger partial charge < -0.3 is 14.6 Å². The highest BCUT2D eigenvalue weighted by atomic mass is 35.5. The standard InChI is InChI=1S/C19H15ClFN3O3/c1-8-14-10-7-12(21)18(27-3)17(25)15(10)16(22-19(14)24-23-8)9-4-5-13(26-2)11(20)6-9/h4-7,25H,1-3H3,(H,22,23,24). The van der Waals surface area contributed by atoms with E-state index in [1.165, 1.54) is 20.3 Å². The summed E-state index contributed by atoms with van der Waals surface area (Å²) in [5.74, 6) is -0.736. The van der Waals surface area contributed by atoms with E-state index < -0.39 is 5.82 Å². The largest absolute Gasteiger partial charge is 0.504 e. The minimum Gasteiger partial charge on any atom is -0.504 e. The molecule has 0 amide bonds. The van der Waals surface area contributed by atoms with E-state index in [-0.39, 0.29) is 11.5 Å². The molecule has 0 saturated heterocycles. The molecule has 0 fully saturated rings. The van der Waals surface area contributed by atoms with Crippen LogP contribution in [0.25, 0.3) is 33.1 Å². The monoisotopic (exact) mass is 387 g/mol. The second kappa shape index (κ2) is 6.28. The number of aromatic hydroxyl groups is 1. The van der Waals surface area contributed by atoms with Gasteiger partial charge in [-0.25, -0.2) is 9.37 Å². The zero-order valence-electron chi connectivity index (χ0n) is 14.7. The lowest BCUT2D eigenvalue weighted by Crippen LogP contribution is -1.95. The van der Waals surface area contributed by atoms with Crippen LogP contribution in [0.5, 0.6) is 17.2 Å². The van der Waals surface area contributed by atoms with Crippen LogP contribution in [0.3, 0.4) is 0 Å². The topological polar surface area (TPSA) is 80.3 Å². The normalized spacial score (nSPS) is 11.3. The summed E-state index contributed by atoms with van der Waals surface area (Å²) in [7, 11) is 2.82. The molecule has 2 N–H and O–H groups in total. The lowest BCUT2D eigenvalue weighted by Gasteiger charge is -2.13. The van der Waals surface area contributed by atoms with Gasteiger partial charge in [0.2, 0.25) is 0 Å². The van der Waals surface area contributed by atoms with E-state index in [2.05, 4.69) is 15.2 Å². The van der Waals surface area contributed by atoms with Crippen LogP contribution >= 0.6 is 11.6 Å². The Hall–Kier alpha value is -3.06. The van der Waals surface area contributed by atoms with Crippen molar-refractivity contribution in [2.24, 2.45) is 0 Å². The van der Waals surface area contributed by atoms with Gasteiger partial charge in [-0.2, -0.15) is 5.10 Å². The summed E-state index contributed by atoms with van der Waals surface area (Å²) >= 11 is 6.26. The highest BCUT2D eigenvalue weighted by Crippen LogP contribution is 2.44. The summed E-state index contributed by atoms with van der Waals surface area (Å²) in [5, 5.41) is 19.6. The average Bonchev–Trinajstić information content (AvgIpc) is 3.02. The Bertz CT molecular complexity index is 1210. The third-order valence-corrected chi connectivity index (χ3v) is 4.79. The van der Waals surface area contributed by atoms with Gasteiger partial charge in [0.25, 0.3) is 0 Å². The summed E-state index contributed by atoms with van der Waals surface area (Å²) in [4.78, 5) is 4.60. The van der Waals surface area contributed by atoms with Gasteiger partial charge in [0.15, 0.2) is 23.0 Å². The number of fused-ring (bicyclic) bond motifs is 3. The number of aryl methyl sites for hydroxylation is 1. The number of pyridine rings is 1. The summed E-state index contributed by atoms with van der Waals surface area (Å²) in [6, 6.07) is 6.45. The van der Waals surface area contributed by atoms with Crippen LogP contribution < -0.4 is 9.47 Å². The summed E-state index contributed by atoms with van der Waals surface area (Å²) in [5.41, 5.74) is 2.17. The fraction of sp³-hybridized carbons (Fsp3) is 0.158. The lowest BCUT2D eigenvalue weighted by atomic mass is 9.99. The summed E-state index contributed by atoms with van der Waals surface area (Å²) < 4.78 is 24.7. The molecule has 0 aliphatic rings. The first-order chi connectivity index (χ1) is 13.0. The molecule has 8 heteroatoms. The van der Waals surface area contributed by atoms with Crippen LogP contribution in [0.2, 0.25) is 5.02 Å². The molecule has 2 heterocycles. The number of methoxy groups -OCH3 is 2. The number of phenols is 1. The van der Waals surface area contributed by atoms with Crippen LogP contribution in [0.1, 0.15) is 5.69 Å². The van der Waals surface area contributed by atoms with Crippen molar-refractivity contribution in [1.29, 1.82) is 0 Å². The predicted molar refractivity (Wildman–Crippen MR) is 101 cm³/mol. The lowest BCUT2D eigenvalue weighted by molar-refractivity contribution is 0.354. The number of aromatic nitrogens is 3. The molecule has 0 unspecified atom stereocenters. The molecule has 6 nitrogen and oxygen atoms in total. The smallest absolute Gasteiger partial charge is 0.197 e. The van der Waals surface area contributed by atoms with Crippen LogP contribution in [0.4, 0.5) is 4.39 Å². The molecule has 0 radical (unpaired) electrons. The van der Waals surface area contributed by atoms with E-state index in [4.69, 9.17) is 21.1 Å². The molecule has 2 aromatic carbocycles. The number of hydrogen-bond acceptors (Lipinski definition) is 5. The number of ether oxygens (including phenoxy) is 2. The molecule has 27 heavy (non-hydrogen) atoms. The van der Waals surface area contributed by atoms with Gasteiger partial charge in [0, 0.05) is 16.3 Å². The number of halogens is 2. The van der Waals surface area contributed by atoms with Crippen molar-refractivity contribution in [3.63, 3.8) is 0 Å². The molecule has 4 aromatic rings. The number of benzene rings is 2. The number of aromatic amines is 1. The number of nitrogens with zero attached hydrogens (tertiary/aromatic N) is 2. The Labute approximate surface area is 158 Å². The first-order valence-corrected chi connectivity index (χ1v) is 8.41. The number of phenolic OH excluding ortho intramolecular Hbond substituents is 1. The first kappa shape index (κ1) is 17.4. The van der Waals surface area contributed by atoms with Crippen molar-refractivity contribution in [3.8, 4) is 28.5 Å². The van der Waals surface area contributed by atoms with Gasteiger partial charge in [0.05, 0.1) is 36.0 Å². The van der Waals surface area contributed by atoms with Crippen LogP contribution in [0, 0.1) is 12.7 Å². The number of rotatable bonds is 3. The minimum atomic E-state index is -0.672. The zero-order chi connectivity index (χ0) is 19.3. The maximum atomic E-state index is 14.5. The molecule has 4 rings (SSSR count). The fourth-order valence-corrected chi connectivity index (χ4v) is 3.52. The van der Waals surface area contributed by atoms with Crippen molar-refractivity contribution in [1.82, 2.24) is 15.2 Å². The predicted octanol–water partition coefficient (Wildman–Crippen LogP) is 4.60. The third-order valence-electron chi connectivity index (χ3n) is 4.50. The Morgan fingerprint density at radius 3 is 2.59 bits per heavy atom. The van der Waals surface area contributed by atoms with Gasteiger partial charge in [0.1, 0.15) is 5.75 Å². The van der Waals surface area contributed by atoms with E-state index >= 15 is 0 Å². The van der Waals surface area contributed by atoms with Crippen molar-refractivity contribution in [2.45, 2.75) is 6.92 Å². The minimum absolute atomic E-state index is 0.245. The van der Waals surface area contributed by atoms with Crippen LogP contribution in [-0.2, 0) is 0 Å². The zero-order valence-corrected chi connectivity index (χ0v) is 15.5. The second-order valence-electron chi connectivity index (χ2n) is 6.01. The Morgan fingerprint density at radius 1 is 1.15 bits per heavy atom. The summed E-state index contributed by atoms with van der Waals surface area (Å²) in [6.07, 6.45) is 0. The second-order valence-corrected chi connectivity index (χ2v) is 6.41. The molecule has 0 aliphatic heterocycles. The summed E-state index contributed by atoms with van der Waals surface area (Å²) in [6.45, 7) is 1.78. The molecule has 0 aliphatic carbocycles. The van der Waals surface area contributed by atoms with Gasteiger partial charge in [-0.3, -0.25) is 5.10 Å². The van der Waals surface area contributed by atoms with E-state index in [9.17, 15) is 9.50 Å². The van der Waals surface area contributed by atoms with Gasteiger partial charge in [-0.05, 0) is 31.2 Å². The molecular formula is C19H15ClFN3O3. The highest BCUT2D eigenvalue weighted by Gasteiger charge is 2.22. The van der Waals surface area contributed by atoms with Crippen LogP contribution in [-0.4, -0.2) is 34.5 Å². The maximum absolute atomic E-state index is 14.5.